The molecule has 2 fully saturated rings. The second-order valence-electron chi connectivity index (χ2n) is 9.10. The highest BCUT2D eigenvalue weighted by molar-refractivity contribution is 5.97. The number of carbonyl (C=O) groups excluding carboxylic acids is 2. The number of hydrogen-bond acceptors (Lipinski definition) is 6. The molecule has 0 radical (unpaired) electrons. The number of piperazine rings is 1. The second kappa shape index (κ2) is 11.4. The molecule has 1 heterocycles. The average molecular weight is 482 g/mol. The van der Waals surface area contributed by atoms with Gasteiger partial charge in [-0.1, -0.05) is 18.9 Å². The van der Waals surface area contributed by atoms with E-state index in [4.69, 9.17) is 14.2 Å². The summed E-state index contributed by atoms with van der Waals surface area (Å²) in [5.41, 5.74) is 1.25. The van der Waals surface area contributed by atoms with Crippen molar-refractivity contribution in [2.75, 3.05) is 52.8 Å². The first-order valence-corrected chi connectivity index (χ1v) is 12.2. The predicted octanol–water partition coefficient (Wildman–Crippen LogP) is 3.67. The molecule has 2 aromatic rings. The number of methoxy groups -OCH3 is 3. The number of benzene rings is 2. The Bertz CT molecular complexity index is 1030. The van der Waals surface area contributed by atoms with E-state index in [9.17, 15) is 9.59 Å². The van der Waals surface area contributed by atoms with Crippen LogP contribution in [0.5, 0.6) is 17.2 Å². The number of carbonyl (C=O) groups is 2. The molecule has 8 heteroatoms. The van der Waals surface area contributed by atoms with Gasteiger partial charge in [0.25, 0.3) is 5.91 Å². The summed E-state index contributed by atoms with van der Waals surface area (Å²) in [6.07, 6.45) is 4.42. The van der Waals surface area contributed by atoms with Crippen molar-refractivity contribution in [2.24, 2.45) is 5.92 Å². The standard InChI is InChI=1S/C27H35N3O5/c1-33-21-10-6-9-20(17-21)28-26(31)25(19-7-4-5-8-19)29-13-15-30(16-14-29)27(32)23-12-11-22(34-2)18-24(23)35-3/h6,9-12,17-19,25H,4-5,7-8,13-16H2,1-3H3,(H,28,31). The average Bonchev–Trinajstić information content (AvgIpc) is 3.42. The van der Waals surface area contributed by atoms with Gasteiger partial charge >= 0.3 is 0 Å². The van der Waals surface area contributed by atoms with Gasteiger partial charge in [-0.15, -0.1) is 0 Å². The minimum atomic E-state index is -0.212. The molecule has 2 aromatic carbocycles. The maximum absolute atomic E-state index is 13.5. The number of amides is 2. The van der Waals surface area contributed by atoms with E-state index in [1.54, 1.807) is 39.5 Å². The highest BCUT2D eigenvalue weighted by atomic mass is 16.5. The monoisotopic (exact) mass is 481 g/mol. The van der Waals surface area contributed by atoms with E-state index in [1.807, 2.05) is 29.2 Å². The Kier molecular flexibility index (Phi) is 8.13. The molecule has 1 N–H and O–H groups in total. The van der Waals surface area contributed by atoms with Crippen LogP contribution in [0.2, 0.25) is 0 Å². The first kappa shape index (κ1) is 24.9. The molecule has 35 heavy (non-hydrogen) atoms. The zero-order chi connectivity index (χ0) is 24.8. The zero-order valence-corrected chi connectivity index (χ0v) is 20.8. The number of nitrogens with one attached hydrogen (secondary N) is 1. The van der Waals surface area contributed by atoms with E-state index in [0.717, 1.165) is 31.4 Å². The lowest BCUT2D eigenvalue weighted by Crippen LogP contribution is -2.57. The van der Waals surface area contributed by atoms with Crippen LogP contribution in [-0.4, -0.2) is 75.2 Å². The topological polar surface area (TPSA) is 80.3 Å². The molecule has 188 valence electrons. The molecule has 2 amide bonds. The van der Waals surface area contributed by atoms with Crippen molar-refractivity contribution in [2.45, 2.75) is 31.7 Å². The van der Waals surface area contributed by atoms with Gasteiger partial charge in [-0.3, -0.25) is 14.5 Å². The van der Waals surface area contributed by atoms with E-state index in [-0.39, 0.29) is 17.9 Å². The summed E-state index contributed by atoms with van der Waals surface area (Å²) in [4.78, 5) is 30.8. The van der Waals surface area contributed by atoms with Crippen LogP contribution in [0.1, 0.15) is 36.0 Å². The maximum Gasteiger partial charge on any atom is 0.257 e. The molecule has 1 saturated carbocycles. The van der Waals surface area contributed by atoms with Crippen LogP contribution < -0.4 is 19.5 Å². The summed E-state index contributed by atoms with van der Waals surface area (Å²) in [6, 6.07) is 12.5. The third-order valence-electron chi connectivity index (χ3n) is 7.09. The van der Waals surface area contributed by atoms with E-state index in [2.05, 4.69) is 10.2 Å². The summed E-state index contributed by atoms with van der Waals surface area (Å²) in [5, 5.41) is 3.11. The van der Waals surface area contributed by atoms with Gasteiger partial charge in [0.1, 0.15) is 17.2 Å². The van der Waals surface area contributed by atoms with Crippen molar-refractivity contribution >= 4 is 17.5 Å². The van der Waals surface area contributed by atoms with Gasteiger partial charge in [0.05, 0.1) is 32.9 Å². The van der Waals surface area contributed by atoms with Crippen molar-refractivity contribution in [1.29, 1.82) is 0 Å². The second-order valence-corrected chi connectivity index (χ2v) is 9.10. The predicted molar refractivity (Wildman–Crippen MR) is 134 cm³/mol. The molecule has 0 bridgehead atoms. The van der Waals surface area contributed by atoms with Crippen molar-refractivity contribution in [3.05, 3.63) is 48.0 Å². The Labute approximate surface area is 207 Å². The molecule has 1 aliphatic carbocycles. The van der Waals surface area contributed by atoms with E-state index in [0.29, 0.717) is 54.9 Å². The molecule has 1 aliphatic heterocycles. The van der Waals surface area contributed by atoms with E-state index in [1.165, 1.54) is 0 Å². The van der Waals surface area contributed by atoms with Gasteiger partial charge in [-0.25, -0.2) is 0 Å². The van der Waals surface area contributed by atoms with Gasteiger partial charge in [0, 0.05) is 44.0 Å². The first-order valence-electron chi connectivity index (χ1n) is 12.2. The van der Waals surface area contributed by atoms with Crippen LogP contribution in [0.15, 0.2) is 42.5 Å². The van der Waals surface area contributed by atoms with Crippen LogP contribution in [0, 0.1) is 5.92 Å². The molecule has 4 rings (SSSR count). The Hall–Kier alpha value is -3.26. The highest BCUT2D eigenvalue weighted by Crippen LogP contribution is 2.32. The van der Waals surface area contributed by atoms with Gasteiger partial charge < -0.3 is 24.4 Å². The molecular weight excluding hydrogens is 446 g/mol. The summed E-state index contributed by atoms with van der Waals surface area (Å²) < 4.78 is 16.0. The van der Waals surface area contributed by atoms with Gasteiger partial charge in [-0.05, 0) is 43.0 Å². The molecular formula is C27H35N3O5. The lowest BCUT2D eigenvalue weighted by Gasteiger charge is -2.40. The Morgan fingerprint density at radius 2 is 1.57 bits per heavy atom. The molecule has 0 aromatic heterocycles. The summed E-state index contributed by atoms with van der Waals surface area (Å²) in [5.74, 6) is 2.12. The Morgan fingerprint density at radius 3 is 2.23 bits per heavy atom. The number of nitrogens with zero attached hydrogens (tertiary/aromatic N) is 2. The van der Waals surface area contributed by atoms with Gasteiger partial charge in [-0.2, -0.15) is 0 Å². The van der Waals surface area contributed by atoms with Crippen LogP contribution >= 0.6 is 0 Å². The third kappa shape index (κ3) is 5.70. The minimum absolute atomic E-state index is 0.0155. The van der Waals surface area contributed by atoms with Crippen LogP contribution in [0.25, 0.3) is 0 Å². The molecule has 1 atom stereocenters. The number of ether oxygens (including phenoxy) is 3. The maximum atomic E-state index is 13.5. The van der Waals surface area contributed by atoms with Crippen LogP contribution in [-0.2, 0) is 4.79 Å². The van der Waals surface area contributed by atoms with Gasteiger partial charge in [0.2, 0.25) is 5.91 Å². The fraction of sp³-hybridized carbons (Fsp3) is 0.481. The highest BCUT2D eigenvalue weighted by Gasteiger charge is 2.37. The quantitative estimate of drug-likeness (QED) is 0.620. The van der Waals surface area contributed by atoms with E-state index < -0.39 is 0 Å². The fourth-order valence-electron chi connectivity index (χ4n) is 5.22. The largest absolute Gasteiger partial charge is 0.497 e. The van der Waals surface area contributed by atoms with Crippen molar-refractivity contribution in [1.82, 2.24) is 9.80 Å². The van der Waals surface area contributed by atoms with Gasteiger partial charge in [0.15, 0.2) is 0 Å². The SMILES string of the molecule is COc1cccc(NC(=O)C(C2CCCC2)N2CCN(C(=O)c3ccc(OC)cc3OC)CC2)c1. The third-order valence-corrected chi connectivity index (χ3v) is 7.09. The van der Waals surface area contributed by atoms with Crippen LogP contribution in [0.4, 0.5) is 5.69 Å². The fourth-order valence-corrected chi connectivity index (χ4v) is 5.22. The zero-order valence-electron chi connectivity index (χ0n) is 20.8. The summed E-state index contributed by atoms with van der Waals surface area (Å²) >= 11 is 0. The number of hydrogen-bond donors (Lipinski definition) is 1. The first-order chi connectivity index (χ1) is 17.0. The number of rotatable bonds is 8. The molecule has 0 spiro atoms. The van der Waals surface area contributed by atoms with Crippen molar-refractivity contribution in [3.8, 4) is 17.2 Å². The Balaban J connectivity index is 1.44. The molecule has 8 nitrogen and oxygen atoms in total. The Morgan fingerprint density at radius 1 is 0.886 bits per heavy atom. The lowest BCUT2D eigenvalue weighted by molar-refractivity contribution is -0.123. The summed E-state index contributed by atoms with van der Waals surface area (Å²) in [6.45, 7) is 2.42. The molecule has 2 aliphatic rings. The molecule has 1 saturated heterocycles. The summed E-state index contributed by atoms with van der Waals surface area (Å²) in [7, 11) is 4.75. The number of anilines is 1. The minimum Gasteiger partial charge on any atom is -0.497 e. The smallest absolute Gasteiger partial charge is 0.257 e. The molecule has 1 unspecified atom stereocenters. The van der Waals surface area contributed by atoms with E-state index >= 15 is 0 Å². The van der Waals surface area contributed by atoms with Crippen molar-refractivity contribution < 1.29 is 23.8 Å². The van der Waals surface area contributed by atoms with Crippen molar-refractivity contribution in [3.63, 3.8) is 0 Å². The normalized spacial score (nSPS) is 17.6. The van der Waals surface area contributed by atoms with Crippen LogP contribution in [0.3, 0.4) is 0 Å². The lowest BCUT2D eigenvalue weighted by atomic mass is 9.94.